The molecule has 1 aliphatic heterocycles. The van der Waals surface area contributed by atoms with Gasteiger partial charge < -0.3 is 16.2 Å². The molecule has 0 aliphatic carbocycles. The molecule has 3 rings (SSSR count). The number of fused-ring (bicyclic) bond motifs is 1. The average molecular weight is 292 g/mol. The molecule has 0 unspecified atom stereocenters. The Balaban J connectivity index is 1.97. The first kappa shape index (κ1) is 13.9. The zero-order chi connectivity index (χ0) is 15.7. The highest BCUT2D eigenvalue weighted by Crippen LogP contribution is 2.31. The van der Waals surface area contributed by atoms with Gasteiger partial charge in [-0.15, -0.1) is 0 Å². The van der Waals surface area contributed by atoms with Crippen LogP contribution in [0, 0.1) is 10.8 Å². The van der Waals surface area contributed by atoms with Gasteiger partial charge in [-0.2, -0.15) is 0 Å². The Bertz CT molecular complexity index is 791. The van der Waals surface area contributed by atoms with E-state index in [1.165, 1.54) is 0 Å². The molecule has 0 aromatic heterocycles. The maximum absolute atomic E-state index is 7.52. The van der Waals surface area contributed by atoms with Crippen molar-refractivity contribution in [3.8, 4) is 5.75 Å². The molecule has 6 N–H and O–H groups in total. The predicted octanol–water partition coefficient (Wildman–Crippen LogP) is 2.19. The zero-order valence-electron chi connectivity index (χ0n) is 11.9. The fourth-order valence-corrected chi connectivity index (χ4v) is 2.38. The third-order valence-electron chi connectivity index (χ3n) is 3.60. The number of rotatable bonds is 3. The lowest BCUT2D eigenvalue weighted by atomic mass is 9.98. The summed E-state index contributed by atoms with van der Waals surface area (Å²) in [6.45, 7) is 0.478. The van der Waals surface area contributed by atoms with Gasteiger partial charge in [0.1, 0.15) is 24.0 Å². The lowest BCUT2D eigenvalue weighted by molar-refractivity contribution is 0.366. The molecule has 1 heterocycles. The number of hydrogen-bond acceptors (Lipinski definition) is 3. The topological polar surface area (TPSA) is 109 Å². The Kier molecular flexibility index (Phi) is 3.39. The Morgan fingerprint density at radius 1 is 0.909 bits per heavy atom. The minimum absolute atomic E-state index is 0.0362. The summed E-state index contributed by atoms with van der Waals surface area (Å²) in [6.07, 6.45) is 2.04. The van der Waals surface area contributed by atoms with Crippen LogP contribution in [0.5, 0.6) is 5.75 Å². The summed E-state index contributed by atoms with van der Waals surface area (Å²) in [5.74, 6) is 0.875. The number of amidine groups is 2. The van der Waals surface area contributed by atoms with Crippen LogP contribution in [0.2, 0.25) is 0 Å². The monoisotopic (exact) mass is 292 g/mol. The van der Waals surface area contributed by atoms with Crippen LogP contribution in [0.4, 0.5) is 0 Å². The van der Waals surface area contributed by atoms with Gasteiger partial charge in [-0.3, -0.25) is 10.8 Å². The van der Waals surface area contributed by atoms with Crippen molar-refractivity contribution >= 4 is 23.3 Å². The van der Waals surface area contributed by atoms with Gasteiger partial charge in [0, 0.05) is 16.7 Å². The molecule has 0 saturated heterocycles. The highest BCUT2D eigenvalue weighted by Gasteiger charge is 2.14. The van der Waals surface area contributed by atoms with Crippen LogP contribution in [-0.2, 0) is 0 Å². The summed E-state index contributed by atoms with van der Waals surface area (Å²) in [5.41, 5.74) is 15.3. The molecule has 2 aromatic carbocycles. The predicted molar refractivity (Wildman–Crippen MR) is 88.3 cm³/mol. The molecule has 0 saturated carbocycles. The second kappa shape index (κ2) is 5.37. The van der Waals surface area contributed by atoms with Gasteiger partial charge in [-0.05, 0) is 35.4 Å². The van der Waals surface area contributed by atoms with Crippen LogP contribution in [-0.4, -0.2) is 18.3 Å². The molecule has 0 radical (unpaired) electrons. The van der Waals surface area contributed by atoms with Gasteiger partial charge in [0.05, 0.1) is 0 Å². The van der Waals surface area contributed by atoms with Crippen molar-refractivity contribution in [3.63, 3.8) is 0 Å². The van der Waals surface area contributed by atoms with E-state index in [-0.39, 0.29) is 11.7 Å². The number of ether oxygens (including phenoxy) is 1. The van der Waals surface area contributed by atoms with Gasteiger partial charge in [0.2, 0.25) is 0 Å². The lowest BCUT2D eigenvalue weighted by Gasteiger charge is -2.19. The first-order valence-electron chi connectivity index (χ1n) is 6.81. The van der Waals surface area contributed by atoms with Crippen molar-refractivity contribution in [2.45, 2.75) is 0 Å². The third kappa shape index (κ3) is 2.56. The maximum Gasteiger partial charge on any atom is 0.127 e. The minimum atomic E-state index is 0.0362. The van der Waals surface area contributed by atoms with Gasteiger partial charge in [-0.25, -0.2) is 0 Å². The number of benzene rings is 2. The molecule has 0 fully saturated rings. The number of nitrogens with two attached hydrogens (primary N) is 2. The number of nitrogens with one attached hydrogen (secondary N) is 2. The van der Waals surface area contributed by atoms with E-state index < -0.39 is 0 Å². The molecule has 5 heteroatoms. The molecular formula is C17H16N4O. The molecule has 110 valence electrons. The van der Waals surface area contributed by atoms with E-state index in [4.69, 9.17) is 27.0 Å². The van der Waals surface area contributed by atoms with Crippen LogP contribution in [0.15, 0.2) is 42.5 Å². The molecule has 0 atom stereocenters. The molecule has 1 aliphatic rings. The molecule has 0 bridgehead atoms. The molecule has 0 spiro atoms. The highest BCUT2D eigenvalue weighted by atomic mass is 16.5. The van der Waals surface area contributed by atoms with Crippen molar-refractivity contribution in [2.24, 2.45) is 11.5 Å². The molecule has 2 aromatic rings. The first-order chi connectivity index (χ1) is 10.5. The summed E-state index contributed by atoms with van der Waals surface area (Å²) >= 11 is 0. The van der Waals surface area contributed by atoms with E-state index in [0.29, 0.717) is 17.7 Å². The van der Waals surface area contributed by atoms with E-state index in [1.54, 1.807) is 6.07 Å². The lowest BCUT2D eigenvalue weighted by Crippen LogP contribution is -2.13. The summed E-state index contributed by atoms with van der Waals surface area (Å²) in [7, 11) is 0. The van der Waals surface area contributed by atoms with Crippen molar-refractivity contribution < 1.29 is 4.74 Å². The minimum Gasteiger partial charge on any atom is -0.488 e. The van der Waals surface area contributed by atoms with Crippen molar-refractivity contribution in [1.82, 2.24) is 0 Å². The van der Waals surface area contributed by atoms with Gasteiger partial charge in [0.25, 0.3) is 0 Å². The quantitative estimate of drug-likeness (QED) is 0.514. The Labute approximate surface area is 128 Å². The normalized spacial score (nSPS) is 12.8. The average Bonchev–Trinajstić information content (AvgIpc) is 2.53. The van der Waals surface area contributed by atoms with E-state index >= 15 is 0 Å². The first-order valence-corrected chi connectivity index (χ1v) is 6.81. The van der Waals surface area contributed by atoms with Gasteiger partial charge in [0.15, 0.2) is 0 Å². The third-order valence-corrected chi connectivity index (χ3v) is 3.60. The smallest absolute Gasteiger partial charge is 0.127 e. The van der Waals surface area contributed by atoms with Crippen molar-refractivity contribution in [2.75, 3.05) is 6.61 Å². The highest BCUT2D eigenvalue weighted by molar-refractivity contribution is 5.97. The second-order valence-electron chi connectivity index (χ2n) is 5.12. The SMILES string of the molecule is N=C(N)c1ccc(C2=Cc3cc(C(=N)N)ccc3OC2)cc1. The maximum atomic E-state index is 7.52. The Hall–Kier alpha value is -3.08. The fourth-order valence-electron chi connectivity index (χ4n) is 2.38. The van der Waals surface area contributed by atoms with Gasteiger partial charge >= 0.3 is 0 Å². The van der Waals surface area contributed by atoms with E-state index in [2.05, 4.69) is 0 Å². The Morgan fingerprint density at radius 3 is 2.18 bits per heavy atom. The molecule has 5 nitrogen and oxygen atoms in total. The number of hydrogen-bond donors (Lipinski definition) is 4. The largest absolute Gasteiger partial charge is 0.488 e. The fraction of sp³-hybridized carbons (Fsp3) is 0.0588. The molecule has 0 amide bonds. The van der Waals surface area contributed by atoms with E-state index in [1.807, 2.05) is 42.5 Å². The van der Waals surface area contributed by atoms with E-state index in [9.17, 15) is 0 Å². The summed E-state index contributed by atoms with van der Waals surface area (Å²) in [4.78, 5) is 0. The molecule has 22 heavy (non-hydrogen) atoms. The van der Waals surface area contributed by atoms with Gasteiger partial charge in [-0.1, -0.05) is 24.3 Å². The van der Waals surface area contributed by atoms with Crippen molar-refractivity contribution in [3.05, 3.63) is 64.7 Å². The zero-order valence-corrected chi connectivity index (χ0v) is 11.9. The van der Waals surface area contributed by atoms with Crippen LogP contribution >= 0.6 is 0 Å². The van der Waals surface area contributed by atoms with Crippen molar-refractivity contribution in [1.29, 1.82) is 10.8 Å². The van der Waals surface area contributed by atoms with Crippen LogP contribution < -0.4 is 16.2 Å². The summed E-state index contributed by atoms with van der Waals surface area (Å²) in [5, 5.41) is 14.9. The second-order valence-corrected chi connectivity index (χ2v) is 5.12. The molecular weight excluding hydrogens is 276 g/mol. The summed E-state index contributed by atoms with van der Waals surface area (Å²) in [6, 6.07) is 12.9. The number of nitrogen functional groups attached to an aromatic ring is 2. The van der Waals surface area contributed by atoms with E-state index in [0.717, 1.165) is 22.4 Å². The summed E-state index contributed by atoms with van der Waals surface area (Å²) < 4.78 is 5.76. The van der Waals surface area contributed by atoms with Crippen LogP contribution in [0.25, 0.3) is 11.6 Å². The van der Waals surface area contributed by atoms with Crippen LogP contribution in [0.3, 0.4) is 0 Å². The Morgan fingerprint density at radius 2 is 1.55 bits per heavy atom. The standard InChI is InChI=1S/C17H16N4O/c18-16(19)11-3-1-10(2-4-11)14-8-13-7-12(17(20)21)5-6-15(13)22-9-14/h1-8H,9H2,(H3,18,19)(H3,20,21). The van der Waals surface area contributed by atoms with Crippen LogP contribution in [0.1, 0.15) is 22.3 Å².